The van der Waals surface area contributed by atoms with E-state index in [9.17, 15) is 8.42 Å². The molecule has 1 heterocycles. The van der Waals surface area contributed by atoms with E-state index in [-0.39, 0.29) is 4.90 Å². The highest BCUT2D eigenvalue weighted by molar-refractivity contribution is 8.13. The van der Waals surface area contributed by atoms with Gasteiger partial charge >= 0.3 is 0 Å². The van der Waals surface area contributed by atoms with E-state index in [1.807, 2.05) is 0 Å². The molecule has 4 nitrogen and oxygen atoms in total. The average molecular weight is 234 g/mol. The van der Waals surface area contributed by atoms with Crippen molar-refractivity contribution in [3.8, 4) is 5.75 Å². The Labute approximate surface area is 86.3 Å². The van der Waals surface area contributed by atoms with Crippen LogP contribution in [0, 0.1) is 0 Å². The number of rotatable bonds is 1. The molecule has 1 aromatic rings. The summed E-state index contributed by atoms with van der Waals surface area (Å²) < 4.78 is 27.6. The fourth-order valence-corrected chi connectivity index (χ4v) is 2.39. The molecule has 0 aromatic heterocycles. The number of nitrogens with one attached hydrogen (secondary N) is 1. The molecule has 0 spiro atoms. The quantitative estimate of drug-likeness (QED) is 0.746. The normalized spacial score (nSPS) is 15.2. The van der Waals surface area contributed by atoms with Gasteiger partial charge in [0.1, 0.15) is 17.3 Å². The van der Waals surface area contributed by atoms with Gasteiger partial charge < -0.3 is 10.1 Å². The highest BCUT2D eigenvalue weighted by Gasteiger charge is 2.21. The molecule has 6 heteroatoms. The van der Waals surface area contributed by atoms with Gasteiger partial charge in [0.25, 0.3) is 9.05 Å². The van der Waals surface area contributed by atoms with E-state index < -0.39 is 9.05 Å². The minimum absolute atomic E-state index is 0.0661. The summed E-state index contributed by atoms with van der Waals surface area (Å²) in [5, 5.41) is 2.95. The number of ether oxygens (including phenoxy) is 1. The Morgan fingerprint density at radius 1 is 1.43 bits per heavy atom. The summed E-state index contributed by atoms with van der Waals surface area (Å²) in [6, 6.07) is 4.75. The third-order valence-corrected chi connectivity index (χ3v) is 3.28. The van der Waals surface area contributed by atoms with Crippen LogP contribution in [0.5, 0.6) is 5.75 Å². The lowest BCUT2D eigenvalue weighted by molar-refractivity contribution is 0.322. The molecule has 1 N–H and O–H groups in total. The van der Waals surface area contributed by atoms with Crippen LogP contribution < -0.4 is 10.1 Å². The molecule has 0 unspecified atom stereocenters. The predicted molar refractivity (Wildman–Crippen MR) is 53.5 cm³/mol. The van der Waals surface area contributed by atoms with Gasteiger partial charge in [0.05, 0.1) is 5.69 Å². The minimum atomic E-state index is -3.71. The molecule has 0 saturated carbocycles. The van der Waals surface area contributed by atoms with E-state index in [1.165, 1.54) is 6.07 Å². The summed E-state index contributed by atoms with van der Waals surface area (Å²) in [5.74, 6) is 0.526. The number of hydrogen-bond acceptors (Lipinski definition) is 4. The van der Waals surface area contributed by atoms with Gasteiger partial charge in [0, 0.05) is 17.2 Å². The highest BCUT2D eigenvalue weighted by atomic mass is 35.7. The summed E-state index contributed by atoms with van der Waals surface area (Å²) in [7, 11) is 1.56. The lowest BCUT2D eigenvalue weighted by Gasteiger charge is -2.20. The van der Waals surface area contributed by atoms with Gasteiger partial charge in [-0.25, -0.2) is 8.42 Å². The summed E-state index contributed by atoms with van der Waals surface area (Å²) in [5.41, 5.74) is 0.453. The van der Waals surface area contributed by atoms with Crippen LogP contribution in [0.3, 0.4) is 0 Å². The average Bonchev–Trinajstić information content (AvgIpc) is 2.15. The fourth-order valence-electron chi connectivity index (χ4n) is 1.35. The van der Waals surface area contributed by atoms with Crippen molar-refractivity contribution in [1.82, 2.24) is 0 Å². The SMILES string of the molecule is O=S(=O)(Cl)c1cccc2c1NCCO2. The number of benzene rings is 1. The van der Waals surface area contributed by atoms with Crippen LogP contribution in [0.1, 0.15) is 0 Å². The molecule has 0 saturated heterocycles. The lowest BCUT2D eigenvalue weighted by Crippen LogP contribution is -2.19. The summed E-state index contributed by atoms with van der Waals surface area (Å²) in [6.07, 6.45) is 0. The fraction of sp³-hybridized carbons (Fsp3) is 0.250. The van der Waals surface area contributed by atoms with Crippen LogP contribution in [0.15, 0.2) is 23.1 Å². The molecular weight excluding hydrogens is 226 g/mol. The molecule has 0 radical (unpaired) electrons. The molecule has 2 rings (SSSR count). The van der Waals surface area contributed by atoms with Gasteiger partial charge in [-0.2, -0.15) is 0 Å². The lowest BCUT2D eigenvalue weighted by atomic mass is 10.2. The first-order chi connectivity index (χ1) is 6.59. The van der Waals surface area contributed by atoms with Gasteiger partial charge in [-0.15, -0.1) is 0 Å². The highest BCUT2D eigenvalue weighted by Crippen LogP contribution is 2.34. The maximum absolute atomic E-state index is 11.2. The molecule has 1 aliphatic rings. The molecule has 1 aliphatic heterocycles. The second-order valence-electron chi connectivity index (χ2n) is 2.84. The number of hydrogen-bond donors (Lipinski definition) is 1. The van der Waals surface area contributed by atoms with Crippen molar-refractivity contribution in [2.45, 2.75) is 4.90 Å². The second kappa shape index (κ2) is 3.33. The predicted octanol–water partition coefficient (Wildman–Crippen LogP) is 1.42. The van der Waals surface area contributed by atoms with Gasteiger partial charge in [0.2, 0.25) is 0 Å². The van der Waals surface area contributed by atoms with Gasteiger partial charge in [-0.1, -0.05) is 6.07 Å². The first-order valence-corrected chi connectivity index (χ1v) is 6.34. The topological polar surface area (TPSA) is 55.4 Å². The zero-order chi connectivity index (χ0) is 10.2. The number of halogens is 1. The Hall–Kier alpha value is -0.940. The molecule has 0 atom stereocenters. The van der Waals surface area contributed by atoms with Crippen molar-refractivity contribution in [2.75, 3.05) is 18.5 Å². The van der Waals surface area contributed by atoms with Crippen molar-refractivity contribution in [3.63, 3.8) is 0 Å². The Balaban J connectivity index is 2.62. The molecule has 0 amide bonds. The summed E-state index contributed by atoms with van der Waals surface area (Å²) in [6.45, 7) is 1.11. The van der Waals surface area contributed by atoms with E-state index in [1.54, 1.807) is 12.1 Å². The van der Waals surface area contributed by atoms with Crippen LogP contribution >= 0.6 is 10.7 Å². The van der Waals surface area contributed by atoms with E-state index in [4.69, 9.17) is 15.4 Å². The molecule has 14 heavy (non-hydrogen) atoms. The third kappa shape index (κ3) is 1.65. The van der Waals surface area contributed by atoms with E-state index in [0.29, 0.717) is 24.6 Å². The largest absolute Gasteiger partial charge is 0.490 e. The zero-order valence-electron chi connectivity index (χ0n) is 7.16. The van der Waals surface area contributed by atoms with Crippen LogP contribution in [0.25, 0.3) is 0 Å². The van der Waals surface area contributed by atoms with Crippen LogP contribution in [0.4, 0.5) is 5.69 Å². The second-order valence-corrected chi connectivity index (χ2v) is 5.38. The summed E-state index contributed by atoms with van der Waals surface area (Å²) >= 11 is 0. The first kappa shape index (κ1) is 9.61. The van der Waals surface area contributed by atoms with Crippen LogP contribution in [-0.2, 0) is 9.05 Å². The molecule has 1 aromatic carbocycles. The van der Waals surface area contributed by atoms with Crippen molar-refractivity contribution in [1.29, 1.82) is 0 Å². The monoisotopic (exact) mass is 233 g/mol. The number of para-hydroxylation sites is 1. The molecular formula is C8H8ClNO3S. The molecule has 0 aliphatic carbocycles. The van der Waals surface area contributed by atoms with Crippen LogP contribution in [-0.4, -0.2) is 21.6 Å². The molecule has 0 fully saturated rings. The Morgan fingerprint density at radius 3 is 2.93 bits per heavy atom. The van der Waals surface area contributed by atoms with Crippen molar-refractivity contribution < 1.29 is 13.2 Å². The van der Waals surface area contributed by atoms with Crippen molar-refractivity contribution >= 4 is 25.4 Å². The number of fused-ring (bicyclic) bond motifs is 1. The summed E-state index contributed by atoms with van der Waals surface area (Å²) in [4.78, 5) is 0.0661. The maximum Gasteiger partial charge on any atom is 0.263 e. The smallest absolute Gasteiger partial charge is 0.263 e. The Bertz CT molecular complexity index is 458. The van der Waals surface area contributed by atoms with Gasteiger partial charge in [-0.3, -0.25) is 0 Å². The van der Waals surface area contributed by atoms with E-state index in [2.05, 4.69) is 5.32 Å². The minimum Gasteiger partial charge on any atom is -0.490 e. The Kier molecular flexibility index (Phi) is 2.28. The first-order valence-electron chi connectivity index (χ1n) is 4.03. The Morgan fingerprint density at radius 2 is 2.21 bits per heavy atom. The molecule has 0 bridgehead atoms. The van der Waals surface area contributed by atoms with Crippen molar-refractivity contribution in [3.05, 3.63) is 18.2 Å². The third-order valence-electron chi connectivity index (χ3n) is 1.91. The van der Waals surface area contributed by atoms with Crippen molar-refractivity contribution in [2.24, 2.45) is 0 Å². The van der Waals surface area contributed by atoms with E-state index in [0.717, 1.165) is 0 Å². The number of anilines is 1. The van der Waals surface area contributed by atoms with Gasteiger partial charge in [0.15, 0.2) is 0 Å². The zero-order valence-corrected chi connectivity index (χ0v) is 8.73. The maximum atomic E-state index is 11.2. The van der Waals surface area contributed by atoms with E-state index >= 15 is 0 Å². The standard InChI is InChI=1S/C8H8ClNO3S/c9-14(11,12)7-3-1-2-6-8(7)10-4-5-13-6/h1-3,10H,4-5H2. The van der Waals surface area contributed by atoms with Gasteiger partial charge in [-0.05, 0) is 12.1 Å². The molecule has 76 valence electrons. The van der Waals surface area contributed by atoms with Crippen LogP contribution in [0.2, 0.25) is 0 Å².